The van der Waals surface area contributed by atoms with Gasteiger partial charge in [-0.05, 0) is 71.9 Å². The summed E-state index contributed by atoms with van der Waals surface area (Å²) in [7, 11) is 0. The molecular formula is C19H34N2O3. The minimum Gasteiger partial charge on any atom is -0.444 e. The van der Waals surface area contributed by atoms with E-state index in [1.54, 1.807) is 0 Å². The summed E-state index contributed by atoms with van der Waals surface area (Å²) < 4.78 is 11.9. The van der Waals surface area contributed by atoms with Crippen molar-refractivity contribution in [3.63, 3.8) is 0 Å². The number of hydrogen-bond acceptors (Lipinski definition) is 4. The molecule has 1 aliphatic carbocycles. The lowest BCUT2D eigenvalue weighted by molar-refractivity contribution is -0.118. The Hall–Kier alpha value is -0.810. The number of rotatable bonds is 2. The summed E-state index contributed by atoms with van der Waals surface area (Å²) in [5.41, 5.74) is -0.0994. The Morgan fingerprint density at radius 2 is 1.83 bits per heavy atom. The Bertz CT molecular complexity index is 448. The van der Waals surface area contributed by atoms with Gasteiger partial charge in [-0.15, -0.1) is 0 Å². The average Bonchev–Trinajstić information content (AvgIpc) is 2.46. The second-order valence-electron chi connectivity index (χ2n) is 9.18. The number of hydrogen-bond donors (Lipinski definition) is 1. The van der Waals surface area contributed by atoms with Gasteiger partial charge in [-0.1, -0.05) is 6.92 Å². The molecule has 1 saturated carbocycles. The summed E-state index contributed by atoms with van der Waals surface area (Å²) in [5.74, 6) is 0.578. The van der Waals surface area contributed by atoms with Crippen molar-refractivity contribution >= 4 is 6.09 Å². The van der Waals surface area contributed by atoms with E-state index in [1.165, 1.54) is 12.8 Å². The topological polar surface area (TPSA) is 50.8 Å². The monoisotopic (exact) mass is 338 g/mol. The Morgan fingerprint density at radius 3 is 2.42 bits per heavy atom. The normalized spacial score (nSPS) is 30.9. The van der Waals surface area contributed by atoms with Gasteiger partial charge in [0.2, 0.25) is 0 Å². The minimum absolute atomic E-state index is 0.158. The van der Waals surface area contributed by atoms with Crippen LogP contribution in [0.2, 0.25) is 0 Å². The van der Waals surface area contributed by atoms with Crippen LogP contribution >= 0.6 is 0 Å². The summed E-state index contributed by atoms with van der Waals surface area (Å²) in [6.07, 6.45) is 6.43. The Morgan fingerprint density at radius 1 is 1.17 bits per heavy atom. The van der Waals surface area contributed by atoms with E-state index in [0.717, 1.165) is 45.4 Å². The van der Waals surface area contributed by atoms with Gasteiger partial charge in [-0.2, -0.15) is 0 Å². The molecule has 2 saturated heterocycles. The van der Waals surface area contributed by atoms with Crippen molar-refractivity contribution < 1.29 is 14.3 Å². The van der Waals surface area contributed by atoms with Gasteiger partial charge in [0.25, 0.3) is 0 Å². The van der Waals surface area contributed by atoms with Crippen LogP contribution in [-0.4, -0.2) is 55.0 Å². The fraction of sp³-hybridized carbons (Fsp3) is 0.947. The molecule has 0 unspecified atom stereocenters. The van der Waals surface area contributed by atoms with Gasteiger partial charge in [0.15, 0.2) is 0 Å². The Kier molecular flexibility index (Phi) is 5.12. The van der Waals surface area contributed by atoms with E-state index in [-0.39, 0.29) is 6.09 Å². The number of carbonyl (C=O) groups is 1. The highest BCUT2D eigenvalue weighted by molar-refractivity contribution is 5.69. The first-order valence-corrected chi connectivity index (χ1v) is 9.60. The molecule has 1 amide bonds. The van der Waals surface area contributed by atoms with Crippen LogP contribution in [0.15, 0.2) is 0 Å². The third kappa shape index (κ3) is 4.23. The van der Waals surface area contributed by atoms with Crippen LogP contribution in [-0.2, 0) is 9.47 Å². The third-order valence-corrected chi connectivity index (χ3v) is 5.71. The molecule has 138 valence electrons. The number of nitrogens with zero attached hydrogens (tertiary/aromatic N) is 1. The highest BCUT2D eigenvalue weighted by atomic mass is 16.6. The van der Waals surface area contributed by atoms with Crippen LogP contribution in [0.4, 0.5) is 4.79 Å². The Labute approximate surface area is 146 Å². The first kappa shape index (κ1) is 18.0. The molecule has 24 heavy (non-hydrogen) atoms. The lowest BCUT2D eigenvalue weighted by Gasteiger charge is -2.55. The van der Waals surface area contributed by atoms with Crippen molar-refractivity contribution in [3.05, 3.63) is 0 Å². The zero-order chi connectivity index (χ0) is 17.4. The van der Waals surface area contributed by atoms with Crippen LogP contribution in [0.3, 0.4) is 0 Å². The van der Waals surface area contributed by atoms with E-state index < -0.39 is 5.60 Å². The van der Waals surface area contributed by atoms with Crippen molar-refractivity contribution in [2.75, 3.05) is 26.2 Å². The van der Waals surface area contributed by atoms with Crippen LogP contribution < -0.4 is 5.32 Å². The molecule has 0 radical (unpaired) electrons. The lowest BCUT2D eigenvalue weighted by atomic mass is 9.64. The molecule has 1 spiro atoms. The van der Waals surface area contributed by atoms with E-state index in [1.807, 2.05) is 25.7 Å². The fourth-order valence-corrected chi connectivity index (χ4v) is 4.54. The zero-order valence-electron chi connectivity index (χ0n) is 15.8. The summed E-state index contributed by atoms with van der Waals surface area (Å²) in [5, 5.41) is 3.40. The van der Waals surface area contributed by atoms with E-state index in [4.69, 9.17) is 9.47 Å². The molecule has 0 aromatic carbocycles. The predicted octanol–water partition coefficient (Wildman–Crippen LogP) is 3.18. The number of ether oxygens (including phenoxy) is 2. The average molecular weight is 338 g/mol. The van der Waals surface area contributed by atoms with E-state index in [2.05, 4.69) is 12.2 Å². The number of likely N-dealkylation sites (tertiary alicyclic amines) is 1. The maximum absolute atomic E-state index is 12.1. The van der Waals surface area contributed by atoms with Crippen molar-refractivity contribution in [2.45, 2.75) is 77.6 Å². The molecule has 3 rings (SSSR count). The molecular weight excluding hydrogens is 304 g/mol. The van der Waals surface area contributed by atoms with Gasteiger partial charge in [0.1, 0.15) is 5.60 Å². The molecule has 0 aromatic heterocycles. The summed E-state index contributed by atoms with van der Waals surface area (Å²) >= 11 is 0. The van der Waals surface area contributed by atoms with Gasteiger partial charge >= 0.3 is 6.09 Å². The predicted molar refractivity (Wildman–Crippen MR) is 94.0 cm³/mol. The first-order chi connectivity index (χ1) is 11.3. The van der Waals surface area contributed by atoms with E-state index >= 15 is 0 Å². The first-order valence-electron chi connectivity index (χ1n) is 9.60. The second-order valence-corrected chi connectivity index (χ2v) is 9.18. The number of amides is 1. The standard InChI is InChI=1S/C19H34N2O3/c1-14-11-19(12-21(13-19)17(22)24-18(2,3)4)8-5-16(14)23-15-6-9-20-10-7-15/h14-16,20H,5-13H2,1-4H3/t14-,16-/m0/s1. The molecule has 2 heterocycles. The fourth-order valence-electron chi connectivity index (χ4n) is 4.54. The smallest absolute Gasteiger partial charge is 0.410 e. The molecule has 5 nitrogen and oxygen atoms in total. The van der Waals surface area contributed by atoms with Crippen LogP contribution in [0.25, 0.3) is 0 Å². The van der Waals surface area contributed by atoms with Crippen molar-refractivity contribution in [1.29, 1.82) is 0 Å². The van der Waals surface area contributed by atoms with Crippen molar-refractivity contribution in [1.82, 2.24) is 10.2 Å². The zero-order valence-corrected chi connectivity index (χ0v) is 15.8. The molecule has 1 N–H and O–H groups in total. The second kappa shape index (κ2) is 6.83. The highest BCUT2D eigenvalue weighted by Crippen LogP contribution is 2.47. The van der Waals surface area contributed by atoms with Crippen LogP contribution in [0.5, 0.6) is 0 Å². The van der Waals surface area contributed by atoms with Gasteiger partial charge in [-0.3, -0.25) is 0 Å². The summed E-state index contributed by atoms with van der Waals surface area (Å²) in [6, 6.07) is 0. The number of carbonyl (C=O) groups excluding carboxylic acids is 1. The molecule has 2 atom stereocenters. The SMILES string of the molecule is C[C@H]1CC2(CC[C@@H]1OC1CCNCC1)CN(C(=O)OC(C)(C)C)C2. The molecule has 0 bridgehead atoms. The van der Waals surface area contributed by atoms with Crippen LogP contribution in [0.1, 0.15) is 59.8 Å². The maximum atomic E-state index is 12.1. The molecule has 3 fully saturated rings. The third-order valence-electron chi connectivity index (χ3n) is 5.71. The van der Waals surface area contributed by atoms with Gasteiger partial charge in [0.05, 0.1) is 12.2 Å². The quantitative estimate of drug-likeness (QED) is 0.840. The molecule has 2 aliphatic heterocycles. The van der Waals surface area contributed by atoms with Gasteiger partial charge in [-0.25, -0.2) is 4.79 Å². The summed E-state index contributed by atoms with van der Waals surface area (Å²) in [4.78, 5) is 14.0. The molecule has 0 aromatic rings. The number of piperidine rings is 1. The minimum atomic E-state index is -0.409. The summed E-state index contributed by atoms with van der Waals surface area (Å²) in [6.45, 7) is 12.0. The molecule has 3 aliphatic rings. The van der Waals surface area contributed by atoms with E-state index in [0.29, 0.717) is 23.5 Å². The molecule has 5 heteroatoms. The van der Waals surface area contributed by atoms with E-state index in [9.17, 15) is 4.79 Å². The van der Waals surface area contributed by atoms with Crippen LogP contribution in [0, 0.1) is 11.3 Å². The van der Waals surface area contributed by atoms with Gasteiger partial charge < -0.3 is 19.7 Å². The van der Waals surface area contributed by atoms with Crippen molar-refractivity contribution in [3.8, 4) is 0 Å². The number of nitrogens with one attached hydrogen (secondary N) is 1. The highest BCUT2D eigenvalue weighted by Gasteiger charge is 2.50. The Balaban J connectivity index is 1.45. The van der Waals surface area contributed by atoms with Crippen molar-refractivity contribution in [2.24, 2.45) is 11.3 Å². The van der Waals surface area contributed by atoms with Gasteiger partial charge in [0, 0.05) is 18.5 Å². The maximum Gasteiger partial charge on any atom is 0.410 e. The lowest BCUT2D eigenvalue weighted by Crippen LogP contribution is -2.61. The largest absolute Gasteiger partial charge is 0.444 e.